The molecule has 3 nitrogen and oxygen atoms in total. The summed E-state index contributed by atoms with van der Waals surface area (Å²) < 4.78 is 0. The van der Waals surface area contributed by atoms with Gasteiger partial charge in [0.1, 0.15) is 0 Å². The Labute approximate surface area is 119 Å². The highest BCUT2D eigenvalue weighted by molar-refractivity contribution is 4.85. The molecule has 2 N–H and O–H groups in total. The Hall–Kier alpha value is -0.120. The zero-order valence-corrected chi connectivity index (χ0v) is 13.6. The molecule has 1 saturated heterocycles. The Morgan fingerprint density at radius 3 is 2.16 bits per heavy atom. The van der Waals surface area contributed by atoms with Crippen molar-refractivity contribution in [1.82, 2.24) is 10.2 Å². The van der Waals surface area contributed by atoms with Crippen molar-refractivity contribution < 1.29 is 5.11 Å². The van der Waals surface area contributed by atoms with Gasteiger partial charge in [-0.3, -0.25) is 0 Å². The summed E-state index contributed by atoms with van der Waals surface area (Å²) in [7, 11) is 0. The van der Waals surface area contributed by atoms with Crippen molar-refractivity contribution in [3.05, 3.63) is 0 Å². The summed E-state index contributed by atoms with van der Waals surface area (Å²) in [6.07, 6.45) is 3.67. The van der Waals surface area contributed by atoms with E-state index in [4.69, 9.17) is 0 Å². The van der Waals surface area contributed by atoms with Crippen LogP contribution in [-0.2, 0) is 0 Å². The Bertz CT molecular complexity index is 254. The molecule has 0 saturated carbocycles. The summed E-state index contributed by atoms with van der Waals surface area (Å²) >= 11 is 0. The first kappa shape index (κ1) is 16.9. The molecule has 114 valence electrons. The molecule has 1 rings (SSSR count). The van der Waals surface area contributed by atoms with E-state index in [2.05, 4.69) is 44.8 Å². The first-order valence-corrected chi connectivity index (χ1v) is 7.89. The van der Waals surface area contributed by atoms with Crippen molar-refractivity contribution in [3.8, 4) is 0 Å². The molecule has 0 aromatic heterocycles. The van der Waals surface area contributed by atoms with Gasteiger partial charge in [0.15, 0.2) is 0 Å². The first-order chi connectivity index (χ1) is 8.80. The van der Waals surface area contributed by atoms with Gasteiger partial charge in [0, 0.05) is 5.54 Å². The predicted octanol–water partition coefficient (Wildman–Crippen LogP) is 2.50. The van der Waals surface area contributed by atoms with Gasteiger partial charge in [-0.25, -0.2) is 0 Å². The maximum absolute atomic E-state index is 9.51. The van der Waals surface area contributed by atoms with Crippen LogP contribution in [0.5, 0.6) is 0 Å². The van der Waals surface area contributed by atoms with Crippen LogP contribution in [0.15, 0.2) is 0 Å². The summed E-state index contributed by atoms with van der Waals surface area (Å²) in [6, 6.07) is 0. The van der Waals surface area contributed by atoms with Crippen molar-refractivity contribution in [2.24, 2.45) is 11.3 Å². The molecule has 1 heterocycles. The third-order valence-corrected chi connectivity index (χ3v) is 4.74. The molecule has 0 aromatic carbocycles. The second-order valence-corrected chi connectivity index (χ2v) is 7.48. The Morgan fingerprint density at radius 1 is 1.16 bits per heavy atom. The molecule has 1 fully saturated rings. The highest BCUT2D eigenvalue weighted by Gasteiger charge is 2.29. The van der Waals surface area contributed by atoms with E-state index < -0.39 is 0 Å². The molecule has 0 spiro atoms. The number of piperidine rings is 1. The summed E-state index contributed by atoms with van der Waals surface area (Å²) in [4.78, 5) is 2.56. The van der Waals surface area contributed by atoms with Crippen molar-refractivity contribution in [1.29, 1.82) is 0 Å². The van der Waals surface area contributed by atoms with Crippen LogP contribution in [0.25, 0.3) is 0 Å². The molecule has 0 amide bonds. The van der Waals surface area contributed by atoms with Crippen LogP contribution < -0.4 is 5.32 Å². The summed E-state index contributed by atoms with van der Waals surface area (Å²) in [5.41, 5.74) is 0.338. The van der Waals surface area contributed by atoms with Gasteiger partial charge >= 0.3 is 0 Å². The summed E-state index contributed by atoms with van der Waals surface area (Å²) in [6.45, 7) is 16.0. The van der Waals surface area contributed by atoms with E-state index in [1.165, 1.54) is 25.9 Å². The second kappa shape index (κ2) is 7.05. The standard InChI is InChI=1S/C16H34N2O/c1-6-17-16(5,13-19)9-12-18-10-7-14(8-11-18)15(2,3)4/h14,17,19H,6-13H2,1-5H3. The number of hydrogen-bond acceptors (Lipinski definition) is 3. The minimum Gasteiger partial charge on any atom is -0.394 e. The third-order valence-electron chi connectivity index (χ3n) is 4.74. The van der Waals surface area contributed by atoms with Gasteiger partial charge in [0.25, 0.3) is 0 Å². The SMILES string of the molecule is CCNC(C)(CO)CCN1CCC(C(C)(C)C)CC1. The number of likely N-dealkylation sites (N-methyl/N-ethyl adjacent to an activating group) is 1. The zero-order chi connectivity index (χ0) is 14.5. The van der Waals surface area contributed by atoms with Gasteiger partial charge in [-0.1, -0.05) is 27.7 Å². The lowest BCUT2D eigenvalue weighted by molar-refractivity contribution is 0.0948. The van der Waals surface area contributed by atoms with Crippen molar-refractivity contribution >= 4 is 0 Å². The molecule has 19 heavy (non-hydrogen) atoms. The number of nitrogens with zero attached hydrogens (tertiary/aromatic N) is 1. The number of nitrogens with one attached hydrogen (secondary N) is 1. The lowest BCUT2D eigenvalue weighted by atomic mass is 9.75. The van der Waals surface area contributed by atoms with E-state index in [1.54, 1.807) is 0 Å². The fourth-order valence-corrected chi connectivity index (χ4v) is 3.08. The molecule has 3 heteroatoms. The lowest BCUT2D eigenvalue weighted by Gasteiger charge is -2.40. The van der Waals surface area contributed by atoms with E-state index >= 15 is 0 Å². The van der Waals surface area contributed by atoms with E-state index in [0.29, 0.717) is 5.41 Å². The van der Waals surface area contributed by atoms with Crippen LogP contribution in [0.3, 0.4) is 0 Å². The average Bonchev–Trinajstić information content (AvgIpc) is 2.36. The van der Waals surface area contributed by atoms with Crippen LogP contribution in [0, 0.1) is 11.3 Å². The third kappa shape index (κ3) is 5.41. The van der Waals surface area contributed by atoms with Crippen molar-refractivity contribution in [2.75, 3.05) is 32.8 Å². The van der Waals surface area contributed by atoms with Crippen LogP contribution in [-0.4, -0.2) is 48.3 Å². The quantitative estimate of drug-likeness (QED) is 0.778. The molecule has 1 unspecified atom stereocenters. The lowest BCUT2D eigenvalue weighted by Crippen LogP contribution is -2.49. The van der Waals surface area contributed by atoms with E-state index in [9.17, 15) is 5.11 Å². The highest BCUT2D eigenvalue weighted by atomic mass is 16.3. The number of aliphatic hydroxyl groups excluding tert-OH is 1. The van der Waals surface area contributed by atoms with Crippen LogP contribution in [0.4, 0.5) is 0 Å². The van der Waals surface area contributed by atoms with Crippen molar-refractivity contribution in [3.63, 3.8) is 0 Å². The van der Waals surface area contributed by atoms with Gasteiger partial charge in [-0.2, -0.15) is 0 Å². The van der Waals surface area contributed by atoms with Gasteiger partial charge in [-0.05, 0) is 63.7 Å². The zero-order valence-electron chi connectivity index (χ0n) is 13.6. The topological polar surface area (TPSA) is 35.5 Å². The Balaban J connectivity index is 2.33. The molecule has 0 aliphatic carbocycles. The molecule has 1 atom stereocenters. The molecular formula is C16H34N2O. The maximum atomic E-state index is 9.51. The maximum Gasteiger partial charge on any atom is 0.0611 e. The largest absolute Gasteiger partial charge is 0.394 e. The van der Waals surface area contributed by atoms with E-state index in [1.807, 2.05) is 0 Å². The van der Waals surface area contributed by atoms with Gasteiger partial charge in [0.2, 0.25) is 0 Å². The van der Waals surface area contributed by atoms with Crippen LogP contribution >= 0.6 is 0 Å². The molecule has 1 aliphatic rings. The normalized spacial score (nSPS) is 22.4. The number of rotatable bonds is 6. The predicted molar refractivity (Wildman–Crippen MR) is 82.4 cm³/mol. The first-order valence-electron chi connectivity index (χ1n) is 7.89. The molecule has 1 aliphatic heterocycles. The summed E-state index contributed by atoms with van der Waals surface area (Å²) in [5.74, 6) is 0.863. The van der Waals surface area contributed by atoms with Crippen LogP contribution in [0.2, 0.25) is 0 Å². The minimum atomic E-state index is -0.115. The number of aliphatic hydroxyl groups is 1. The monoisotopic (exact) mass is 270 g/mol. The van der Waals surface area contributed by atoms with Gasteiger partial charge in [-0.15, -0.1) is 0 Å². The Kier molecular flexibility index (Phi) is 6.28. The van der Waals surface area contributed by atoms with Gasteiger partial charge in [0.05, 0.1) is 6.61 Å². The van der Waals surface area contributed by atoms with E-state index in [-0.39, 0.29) is 12.1 Å². The fourth-order valence-electron chi connectivity index (χ4n) is 3.08. The number of likely N-dealkylation sites (tertiary alicyclic amines) is 1. The Morgan fingerprint density at radius 2 is 1.74 bits per heavy atom. The smallest absolute Gasteiger partial charge is 0.0611 e. The fraction of sp³-hybridized carbons (Fsp3) is 1.00. The van der Waals surface area contributed by atoms with E-state index in [0.717, 1.165) is 25.4 Å². The second-order valence-electron chi connectivity index (χ2n) is 7.48. The van der Waals surface area contributed by atoms with Crippen LogP contribution in [0.1, 0.15) is 53.9 Å². The molecule has 0 aromatic rings. The number of hydrogen-bond donors (Lipinski definition) is 2. The molecular weight excluding hydrogens is 236 g/mol. The van der Waals surface area contributed by atoms with Crippen molar-refractivity contribution in [2.45, 2.75) is 59.4 Å². The highest BCUT2D eigenvalue weighted by Crippen LogP contribution is 2.34. The molecule has 0 bridgehead atoms. The molecule has 0 radical (unpaired) electrons. The average molecular weight is 270 g/mol. The van der Waals surface area contributed by atoms with Gasteiger partial charge < -0.3 is 15.3 Å². The summed E-state index contributed by atoms with van der Waals surface area (Å²) in [5, 5.41) is 12.9. The minimum absolute atomic E-state index is 0.115.